The molecule has 0 saturated carbocycles. The zero-order chi connectivity index (χ0) is 14.5. The monoisotopic (exact) mass is 282 g/mol. The number of aromatic nitrogens is 1. The van der Waals surface area contributed by atoms with Crippen LogP contribution in [0.5, 0.6) is 0 Å². The van der Waals surface area contributed by atoms with E-state index in [0.717, 1.165) is 25.2 Å². The van der Waals surface area contributed by atoms with Gasteiger partial charge in [-0.05, 0) is 23.0 Å². The second kappa shape index (κ2) is 7.14. The summed E-state index contributed by atoms with van der Waals surface area (Å²) >= 11 is 6.41. The Kier molecular flexibility index (Phi) is 6.12. The molecule has 1 N–H and O–H groups in total. The Bertz CT molecular complexity index is 363. The first kappa shape index (κ1) is 16.3. The van der Waals surface area contributed by atoms with Crippen molar-refractivity contribution in [2.75, 3.05) is 11.9 Å². The number of hydrogen-bond acceptors (Lipinski definition) is 2. The van der Waals surface area contributed by atoms with E-state index in [1.165, 1.54) is 5.56 Å². The van der Waals surface area contributed by atoms with E-state index in [4.69, 9.17) is 11.6 Å². The molecule has 0 fully saturated rings. The van der Waals surface area contributed by atoms with Crippen LogP contribution in [0.2, 0.25) is 0 Å². The van der Waals surface area contributed by atoms with Crippen LogP contribution in [0.3, 0.4) is 0 Å². The SMILES string of the molecule is CCC(CC)C(Cl)CNc1ccc(C(C)(C)C)cn1. The lowest BCUT2D eigenvalue weighted by atomic mass is 9.88. The van der Waals surface area contributed by atoms with Crippen LogP contribution in [0.1, 0.15) is 53.0 Å². The maximum Gasteiger partial charge on any atom is 0.125 e. The topological polar surface area (TPSA) is 24.9 Å². The highest BCUT2D eigenvalue weighted by molar-refractivity contribution is 6.21. The molecule has 0 amide bonds. The highest BCUT2D eigenvalue weighted by Crippen LogP contribution is 2.22. The molecule has 1 rings (SSSR count). The summed E-state index contributed by atoms with van der Waals surface area (Å²) in [6.07, 6.45) is 4.20. The van der Waals surface area contributed by atoms with Gasteiger partial charge < -0.3 is 5.32 Å². The highest BCUT2D eigenvalue weighted by Gasteiger charge is 2.16. The summed E-state index contributed by atoms with van der Waals surface area (Å²) in [6, 6.07) is 4.17. The average molecular weight is 283 g/mol. The summed E-state index contributed by atoms with van der Waals surface area (Å²) in [5.41, 5.74) is 1.40. The van der Waals surface area contributed by atoms with Crippen LogP contribution in [0.25, 0.3) is 0 Å². The molecule has 0 spiro atoms. The molecule has 1 unspecified atom stereocenters. The number of anilines is 1. The van der Waals surface area contributed by atoms with Gasteiger partial charge in [-0.15, -0.1) is 11.6 Å². The molecule has 0 aliphatic carbocycles. The summed E-state index contributed by atoms with van der Waals surface area (Å²) in [7, 11) is 0. The van der Waals surface area contributed by atoms with Gasteiger partial charge in [0.2, 0.25) is 0 Å². The van der Waals surface area contributed by atoms with Crippen LogP contribution in [-0.4, -0.2) is 16.9 Å². The maximum absolute atomic E-state index is 6.41. The first-order valence-electron chi connectivity index (χ1n) is 7.23. The van der Waals surface area contributed by atoms with Crippen LogP contribution in [0.15, 0.2) is 18.3 Å². The molecular formula is C16H27ClN2. The van der Waals surface area contributed by atoms with Crippen molar-refractivity contribution in [2.24, 2.45) is 5.92 Å². The third kappa shape index (κ3) is 5.02. The van der Waals surface area contributed by atoms with Gasteiger partial charge >= 0.3 is 0 Å². The van der Waals surface area contributed by atoms with Gasteiger partial charge in [-0.3, -0.25) is 0 Å². The molecule has 1 aromatic heterocycles. The second-order valence-corrected chi connectivity index (χ2v) is 6.72. The van der Waals surface area contributed by atoms with E-state index in [0.29, 0.717) is 5.92 Å². The molecule has 0 radical (unpaired) electrons. The van der Waals surface area contributed by atoms with Crippen LogP contribution >= 0.6 is 11.6 Å². The van der Waals surface area contributed by atoms with Gasteiger partial charge in [-0.25, -0.2) is 4.98 Å². The van der Waals surface area contributed by atoms with Crippen molar-refractivity contribution in [3.8, 4) is 0 Å². The Morgan fingerprint density at radius 1 is 1.21 bits per heavy atom. The number of rotatable bonds is 6. The van der Waals surface area contributed by atoms with Crippen LogP contribution in [0, 0.1) is 5.92 Å². The van der Waals surface area contributed by atoms with E-state index in [9.17, 15) is 0 Å². The zero-order valence-electron chi connectivity index (χ0n) is 12.8. The van der Waals surface area contributed by atoms with E-state index in [2.05, 4.69) is 51.0 Å². The Morgan fingerprint density at radius 2 is 1.84 bits per heavy atom. The van der Waals surface area contributed by atoms with Crippen LogP contribution in [0.4, 0.5) is 5.82 Å². The highest BCUT2D eigenvalue weighted by atomic mass is 35.5. The Balaban J connectivity index is 2.55. The first-order chi connectivity index (χ1) is 8.88. The number of nitrogens with one attached hydrogen (secondary N) is 1. The summed E-state index contributed by atoms with van der Waals surface area (Å²) in [5, 5.41) is 3.49. The van der Waals surface area contributed by atoms with E-state index in [-0.39, 0.29) is 10.8 Å². The normalized spacial score (nSPS) is 13.6. The molecule has 0 saturated heterocycles. The molecule has 0 aromatic carbocycles. The van der Waals surface area contributed by atoms with Gasteiger partial charge in [0.05, 0.1) is 5.38 Å². The molecule has 0 aliphatic heterocycles. The molecule has 1 aromatic rings. The number of hydrogen-bond donors (Lipinski definition) is 1. The molecule has 3 heteroatoms. The van der Waals surface area contributed by atoms with Gasteiger partial charge in [-0.2, -0.15) is 0 Å². The Hall–Kier alpha value is -0.760. The predicted octanol–water partition coefficient (Wildman–Crippen LogP) is 4.83. The third-order valence-electron chi connectivity index (χ3n) is 3.67. The van der Waals surface area contributed by atoms with Gasteiger partial charge in [0, 0.05) is 12.7 Å². The third-order valence-corrected chi connectivity index (χ3v) is 4.18. The fourth-order valence-electron chi connectivity index (χ4n) is 2.11. The zero-order valence-corrected chi connectivity index (χ0v) is 13.6. The largest absolute Gasteiger partial charge is 0.369 e. The van der Waals surface area contributed by atoms with Gasteiger partial charge in [0.25, 0.3) is 0 Å². The summed E-state index contributed by atoms with van der Waals surface area (Å²) in [6.45, 7) is 11.7. The number of pyridine rings is 1. The molecular weight excluding hydrogens is 256 g/mol. The molecule has 108 valence electrons. The summed E-state index contributed by atoms with van der Waals surface area (Å²) in [5.74, 6) is 1.48. The minimum Gasteiger partial charge on any atom is -0.369 e. The van der Waals surface area contributed by atoms with E-state index < -0.39 is 0 Å². The molecule has 1 atom stereocenters. The smallest absolute Gasteiger partial charge is 0.125 e. The van der Waals surface area contributed by atoms with Crippen molar-refractivity contribution in [1.29, 1.82) is 0 Å². The van der Waals surface area contributed by atoms with Crippen LogP contribution in [-0.2, 0) is 5.41 Å². The first-order valence-corrected chi connectivity index (χ1v) is 7.66. The number of nitrogens with zero attached hydrogens (tertiary/aromatic N) is 1. The lowest BCUT2D eigenvalue weighted by Crippen LogP contribution is -2.23. The fraction of sp³-hybridized carbons (Fsp3) is 0.688. The van der Waals surface area contributed by atoms with Gasteiger partial charge in [0.15, 0.2) is 0 Å². The van der Waals surface area contributed by atoms with Crippen molar-refractivity contribution in [2.45, 2.75) is 58.3 Å². The Morgan fingerprint density at radius 3 is 2.26 bits per heavy atom. The van der Waals surface area contributed by atoms with Crippen LogP contribution < -0.4 is 5.32 Å². The average Bonchev–Trinajstić information content (AvgIpc) is 2.37. The Labute approximate surface area is 123 Å². The van der Waals surface area contributed by atoms with E-state index in [1.807, 2.05) is 12.3 Å². The second-order valence-electron chi connectivity index (χ2n) is 6.16. The summed E-state index contributed by atoms with van der Waals surface area (Å²) < 4.78 is 0. The van der Waals surface area contributed by atoms with E-state index >= 15 is 0 Å². The molecule has 2 nitrogen and oxygen atoms in total. The molecule has 19 heavy (non-hydrogen) atoms. The number of alkyl halides is 1. The minimum atomic E-state index is 0.149. The van der Waals surface area contributed by atoms with Crippen molar-refractivity contribution >= 4 is 17.4 Å². The van der Waals surface area contributed by atoms with Gasteiger partial charge in [0.1, 0.15) is 5.82 Å². The maximum atomic E-state index is 6.41. The molecule has 0 aliphatic rings. The van der Waals surface area contributed by atoms with Crippen molar-refractivity contribution in [3.63, 3.8) is 0 Å². The minimum absolute atomic E-state index is 0.149. The van der Waals surface area contributed by atoms with Gasteiger partial charge in [-0.1, -0.05) is 53.5 Å². The van der Waals surface area contributed by atoms with Crippen molar-refractivity contribution in [1.82, 2.24) is 4.98 Å². The van der Waals surface area contributed by atoms with E-state index in [1.54, 1.807) is 0 Å². The quantitative estimate of drug-likeness (QED) is 0.756. The van der Waals surface area contributed by atoms with Crippen molar-refractivity contribution < 1.29 is 0 Å². The number of halogens is 1. The fourth-order valence-corrected chi connectivity index (χ4v) is 2.54. The predicted molar refractivity (Wildman–Crippen MR) is 85.1 cm³/mol. The lowest BCUT2D eigenvalue weighted by molar-refractivity contribution is 0.475. The molecule has 1 heterocycles. The summed E-state index contributed by atoms with van der Waals surface area (Å²) in [4.78, 5) is 4.46. The lowest BCUT2D eigenvalue weighted by Gasteiger charge is -2.21. The standard InChI is InChI=1S/C16H27ClN2/c1-6-12(7-2)14(17)11-19-15-9-8-13(10-18-15)16(3,4)5/h8-10,12,14H,6-7,11H2,1-5H3,(H,18,19). The molecule has 0 bridgehead atoms. The van der Waals surface area contributed by atoms with Crippen molar-refractivity contribution in [3.05, 3.63) is 23.9 Å².